The van der Waals surface area contributed by atoms with E-state index in [1.165, 1.54) is 16.7 Å². The summed E-state index contributed by atoms with van der Waals surface area (Å²) in [6.45, 7) is 2.86. The number of aromatic nitrogens is 1. The van der Waals surface area contributed by atoms with Crippen LogP contribution in [0.4, 0.5) is 0 Å². The van der Waals surface area contributed by atoms with E-state index >= 15 is 0 Å². The lowest BCUT2D eigenvalue weighted by Crippen LogP contribution is -2.13. The summed E-state index contributed by atoms with van der Waals surface area (Å²) in [5.74, 6) is -0.310. The van der Waals surface area contributed by atoms with Crippen molar-refractivity contribution in [1.82, 2.24) is 4.57 Å². The number of carbonyl (C=O) groups is 1. The third-order valence-corrected chi connectivity index (χ3v) is 4.88. The van der Waals surface area contributed by atoms with Gasteiger partial charge in [0.2, 0.25) is 5.91 Å². The first-order valence-corrected chi connectivity index (χ1v) is 9.11. The van der Waals surface area contributed by atoms with Crippen molar-refractivity contribution in [1.29, 1.82) is 0 Å². The lowest BCUT2D eigenvalue weighted by atomic mass is 10.0. The Balaban J connectivity index is 1.82. The summed E-state index contributed by atoms with van der Waals surface area (Å²) in [6, 6.07) is 25.2. The molecule has 2 N–H and O–H groups in total. The van der Waals surface area contributed by atoms with Crippen LogP contribution in [-0.2, 0) is 17.8 Å². The largest absolute Gasteiger partial charge is 0.369 e. The average molecular weight is 354 g/mol. The predicted octanol–water partition coefficient (Wildman–Crippen LogP) is 4.69. The zero-order valence-electron chi connectivity index (χ0n) is 15.4. The number of nitrogens with zero attached hydrogens (tertiary/aromatic N) is 1. The van der Waals surface area contributed by atoms with Crippen LogP contribution in [0.1, 0.15) is 16.7 Å². The van der Waals surface area contributed by atoms with Gasteiger partial charge in [-0.3, -0.25) is 4.79 Å². The molecule has 0 saturated carbocycles. The van der Waals surface area contributed by atoms with E-state index in [9.17, 15) is 4.79 Å². The van der Waals surface area contributed by atoms with Crippen LogP contribution >= 0.6 is 0 Å². The van der Waals surface area contributed by atoms with Gasteiger partial charge in [-0.1, -0.05) is 66.2 Å². The Morgan fingerprint density at radius 1 is 0.926 bits per heavy atom. The summed E-state index contributed by atoms with van der Waals surface area (Å²) in [5, 5.41) is 1.09. The summed E-state index contributed by atoms with van der Waals surface area (Å²) in [4.78, 5) is 11.6. The number of nitrogens with two attached hydrogens (primary N) is 1. The van der Waals surface area contributed by atoms with Gasteiger partial charge in [-0.2, -0.15) is 0 Å². The van der Waals surface area contributed by atoms with Gasteiger partial charge in [-0.25, -0.2) is 0 Å². The van der Waals surface area contributed by atoms with Crippen molar-refractivity contribution < 1.29 is 4.79 Å². The maximum atomic E-state index is 11.6. The zero-order valence-corrected chi connectivity index (χ0v) is 15.4. The van der Waals surface area contributed by atoms with E-state index in [0.717, 1.165) is 28.6 Å². The minimum atomic E-state index is -0.310. The smallest absolute Gasteiger partial charge is 0.221 e. The lowest BCUT2D eigenvalue weighted by Gasteiger charge is -2.07. The maximum Gasteiger partial charge on any atom is 0.221 e. The van der Waals surface area contributed by atoms with E-state index in [-0.39, 0.29) is 12.3 Å². The summed E-state index contributed by atoms with van der Waals surface area (Å²) < 4.78 is 2.20. The highest BCUT2D eigenvalue weighted by atomic mass is 16.1. The molecule has 27 heavy (non-hydrogen) atoms. The standard InChI is InChI=1S/C24H22N2O/c1-17-6-5-9-19(12-17)20-10-11-23-22(13-20)21(14-24(25)27)16-26(23)15-18-7-3-2-4-8-18/h2-13,16H,14-15H2,1H3,(H2,25,27). The second kappa shape index (κ2) is 7.12. The molecule has 0 aliphatic rings. The summed E-state index contributed by atoms with van der Waals surface area (Å²) in [5.41, 5.74) is 12.4. The van der Waals surface area contributed by atoms with E-state index in [4.69, 9.17) is 5.73 Å². The first kappa shape index (κ1) is 17.1. The molecule has 1 aromatic heterocycles. The van der Waals surface area contributed by atoms with Gasteiger partial charge < -0.3 is 10.3 Å². The molecular weight excluding hydrogens is 332 g/mol. The van der Waals surface area contributed by atoms with Crippen molar-refractivity contribution in [2.45, 2.75) is 19.9 Å². The SMILES string of the molecule is Cc1cccc(-c2ccc3c(c2)c(CC(N)=O)cn3Cc2ccccc2)c1. The molecule has 0 unspecified atom stereocenters. The molecule has 0 saturated heterocycles. The second-order valence-electron chi connectivity index (χ2n) is 7.01. The van der Waals surface area contributed by atoms with Crippen LogP contribution in [0, 0.1) is 6.92 Å². The third kappa shape index (κ3) is 3.63. The Kier molecular flexibility index (Phi) is 4.51. The van der Waals surface area contributed by atoms with E-state index in [1.54, 1.807) is 0 Å². The van der Waals surface area contributed by atoms with Crippen LogP contribution in [0.3, 0.4) is 0 Å². The molecular formula is C24H22N2O. The van der Waals surface area contributed by atoms with E-state index < -0.39 is 0 Å². The fourth-order valence-electron chi connectivity index (χ4n) is 3.61. The topological polar surface area (TPSA) is 48.0 Å². The van der Waals surface area contributed by atoms with Crippen LogP contribution in [-0.4, -0.2) is 10.5 Å². The minimum Gasteiger partial charge on any atom is -0.369 e. The quantitative estimate of drug-likeness (QED) is 0.555. The van der Waals surface area contributed by atoms with E-state index in [1.807, 2.05) is 18.2 Å². The Hall–Kier alpha value is -3.33. The fraction of sp³-hybridized carbons (Fsp3) is 0.125. The van der Waals surface area contributed by atoms with Gasteiger partial charge in [0.15, 0.2) is 0 Å². The molecule has 3 nitrogen and oxygen atoms in total. The van der Waals surface area contributed by atoms with Gasteiger partial charge in [0.25, 0.3) is 0 Å². The minimum absolute atomic E-state index is 0.246. The number of rotatable bonds is 5. The number of benzene rings is 3. The normalized spacial score (nSPS) is 11.0. The van der Waals surface area contributed by atoms with Crippen LogP contribution in [0.15, 0.2) is 79.0 Å². The number of carbonyl (C=O) groups excluding carboxylic acids is 1. The predicted molar refractivity (Wildman–Crippen MR) is 111 cm³/mol. The molecule has 1 amide bonds. The molecule has 0 atom stereocenters. The highest BCUT2D eigenvalue weighted by Crippen LogP contribution is 2.29. The maximum absolute atomic E-state index is 11.6. The van der Waals surface area contributed by atoms with E-state index in [2.05, 4.69) is 72.3 Å². The first-order chi connectivity index (χ1) is 13.1. The Morgan fingerprint density at radius 2 is 1.70 bits per heavy atom. The number of primary amides is 1. The number of fused-ring (bicyclic) bond motifs is 1. The van der Waals surface area contributed by atoms with Crippen molar-refractivity contribution in [3.63, 3.8) is 0 Å². The molecule has 134 valence electrons. The van der Waals surface area contributed by atoms with Gasteiger partial charge in [0, 0.05) is 23.6 Å². The summed E-state index contributed by atoms with van der Waals surface area (Å²) >= 11 is 0. The summed E-state index contributed by atoms with van der Waals surface area (Å²) in [6.07, 6.45) is 2.30. The van der Waals surface area contributed by atoms with E-state index in [0.29, 0.717) is 0 Å². The molecule has 0 radical (unpaired) electrons. The molecule has 1 heterocycles. The first-order valence-electron chi connectivity index (χ1n) is 9.11. The van der Waals surface area contributed by atoms with Gasteiger partial charge in [0.05, 0.1) is 6.42 Å². The molecule has 0 aliphatic carbocycles. The van der Waals surface area contributed by atoms with Crippen LogP contribution in [0.2, 0.25) is 0 Å². The Morgan fingerprint density at radius 3 is 2.44 bits per heavy atom. The zero-order chi connectivity index (χ0) is 18.8. The molecule has 0 aliphatic heterocycles. The number of amides is 1. The highest BCUT2D eigenvalue weighted by molar-refractivity contribution is 5.92. The van der Waals surface area contributed by atoms with Crippen LogP contribution in [0.25, 0.3) is 22.0 Å². The van der Waals surface area contributed by atoms with Crippen LogP contribution in [0.5, 0.6) is 0 Å². The van der Waals surface area contributed by atoms with Crippen molar-refractivity contribution >= 4 is 16.8 Å². The monoisotopic (exact) mass is 354 g/mol. The molecule has 0 fully saturated rings. The molecule has 4 rings (SSSR count). The second-order valence-corrected chi connectivity index (χ2v) is 7.01. The van der Waals surface area contributed by atoms with Gasteiger partial charge in [0.1, 0.15) is 0 Å². The molecule has 3 aromatic carbocycles. The van der Waals surface area contributed by atoms with Crippen molar-refractivity contribution in [2.24, 2.45) is 5.73 Å². The third-order valence-electron chi connectivity index (χ3n) is 4.88. The fourth-order valence-corrected chi connectivity index (χ4v) is 3.61. The van der Waals surface area contributed by atoms with Gasteiger partial charge >= 0.3 is 0 Å². The van der Waals surface area contributed by atoms with Gasteiger partial charge in [-0.05, 0) is 41.3 Å². The van der Waals surface area contributed by atoms with Crippen molar-refractivity contribution in [2.75, 3.05) is 0 Å². The summed E-state index contributed by atoms with van der Waals surface area (Å²) in [7, 11) is 0. The number of hydrogen-bond acceptors (Lipinski definition) is 1. The molecule has 0 bridgehead atoms. The number of hydrogen-bond donors (Lipinski definition) is 1. The Labute approximate surface area is 159 Å². The van der Waals surface area contributed by atoms with Crippen molar-refractivity contribution in [3.8, 4) is 11.1 Å². The number of aryl methyl sites for hydroxylation is 1. The van der Waals surface area contributed by atoms with Gasteiger partial charge in [-0.15, -0.1) is 0 Å². The van der Waals surface area contributed by atoms with Crippen LogP contribution < -0.4 is 5.73 Å². The Bertz CT molecular complexity index is 1110. The molecule has 0 spiro atoms. The lowest BCUT2D eigenvalue weighted by molar-refractivity contribution is -0.117. The molecule has 3 heteroatoms. The molecule has 4 aromatic rings. The average Bonchev–Trinajstić information content (AvgIpc) is 2.98. The van der Waals surface area contributed by atoms with Crippen molar-refractivity contribution in [3.05, 3.63) is 95.7 Å². The highest BCUT2D eigenvalue weighted by Gasteiger charge is 2.12.